The molecule has 1 aromatic carbocycles. The van der Waals surface area contributed by atoms with Gasteiger partial charge in [0.2, 0.25) is 0 Å². The molecule has 2 amide bonds. The van der Waals surface area contributed by atoms with Crippen molar-refractivity contribution in [3.63, 3.8) is 0 Å². The van der Waals surface area contributed by atoms with Gasteiger partial charge in [0, 0.05) is 20.1 Å². The molecule has 0 spiro atoms. The molecule has 26 heavy (non-hydrogen) atoms. The molecule has 2 atom stereocenters. The van der Waals surface area contributed by atoms with Crippen LogP contribution < -0.4 is 4.74 Å². The summed E-state index contributed by atoms with van der Waals surface area (Å²) in [7, 11) is 1.56. The fraction of sp³-hybridized carbons (Fsp3) is 0.524. The van der Waals surface area contributed by atoms with Crippen LogP contribution in [0.25, 0.3) is 5.57 Å². The first-order valence-corrected chi connectivity index (χ1v) is 9.36. The lowest BCUT2D eigenvalue weighted by atomic mass is 9.91. The third kappa shape index (κ3) is 3.48. The Kier molecular flexibility index (Phi) is 5.08. The maximum absolute atomic E-state index is 12.8. The van der Waals surface area contributed by atoms with Gasteiger partial charge in [-0.1, -0.05) is 26.0 Å². The molecule has 5 nitrogen and oxygen atoms in total. The van der Waals surface area contributed by atoms with Crippen LogP contribution in [0.3, 0.4) is 0 Å². The predicted octanol–water partition coefficient (Wildman–Crippen LogP) is 3.16. The zero-order chi connectivity index (χ0) is 19.0. The summed E-state index contributed by atoms with van der Waals surface area (Å²) in [6.07, 6.45) is 1.24. The number of rotatable bonds is 4. The van der Waals surface area contributed by atoms with Crippen molar-refractivity contribution in [3.8, 4) is 5.75 Å². The molecule has 0 aliphatic carbocycles. The van der Waals surface area contributed by atoms with Crippen LogP contribution in [0.2, 0.25) is 0 Å². The summed E-state index contributed by atoms with van der Waals surface area (Å²) in [5.41, 5.74) is 1.83. The largest absolute Gasteiger partial charge is 0.491 e. The van der Waals surface area contributed by atoms with Crippen LogP contribution in [-0.4, -0.2) is 47.9 Å². The smallest absolute Gasteiger partial charge is 0.277 e. The fourth-order valence-electron chi connectivity index (χ4n) is 4.00. The molecule has 140 valence electrons. The molecule has 1 aromatic rings. The number of piperidine rings is 1. The Hall–Kier alpha value is -2.30. The summed E-state index contributed by atoms with van der Waals surface area (Å²) in [5.74, 6) is 1.34. The van der Waals surface area contributed by atoms with Gasteiger partial charge >= 0.3 is 0 Å². The molecule has 2 unspecified atom stereocenters. The number of carbonyl (C=O) groups excluding carboxylic acids is 2. The Balaban J connectivity index is 2.00. The molecule has 0 bridgehead atoms. The average molecular weight is 356 g/mol. The maximum Gasteiger partial charge on any atom is 0.277 e. The molecule has 3 rings (SSSR count). The third-order valence-electron chi connectivity index (χ3n) is 4.96. The first-order valence-electron chi connectivity index (χ1n) is 9.36. The highest BCUT2D eigenvalue weighted by Gasteiger charge is 2.41. The standard InChI is InChI=1S/C21H28N2O3/c1-13(2)26-17-8-6-16(7-9-17)18-19(21(25)22(5)20(18)24)23-11-14(3)10-15(4)12-23/h6-9,13-15H,10-12H2,1-5H3. The number of imide groups is 1. The lowest BCUT2D eigenvalue weighted by molar-refractivity contribution is -0.136. The summed E-state index contributed by atoms with van der Waals surface area (Å²) in [6.45, 7) is 9.97. The molecule has 2 aliphatic rings. The van der Waals surface area contributed by atoms with Crippen LogP contribution in [0.4, 0.5) is 0 Å². The minimum absolute atomic E-state index is 0.0905. The zero-order valence-corrected chi connectivity index (χ0v) is 16.3. The number of carbonyl (C=O) groups is 2. The van der Waals surface area contributed by atoms with Crippen molar-refractivity contribution in [1.82, 2.24) is 9.80 Å². The molecule has 1 saturated heterocycles. The zero-order valence-electron chi connectivity index (χ0n) is 16.3. The highest BCUT2D eigenvalue weighted by atomic mass is 16.5. The van der Waals surface area contributed by atoms with E-state index in [-0.39, 0.29) is 17.9 Å². The number of hydrogen-bond acceptors (Lipinski definition) is 4. The van der Waals surface area contributed by atoms with Gasteiger partial charge in [0.1, 0.15) is 11.4 Å². The normalized spacial score (nSPS) is 24.1. The minimum atomic E-state index is -0.228. The first kappa shape index (κ1) is 18.5. The Bertz CT molecular complexity index is 726. The Morgan fingerprint density at radius 3 is 2.12 bits per heavy atom. The summed E-state index contributed by atoms with van der Waals surface area (Å²) in [5, 5.41) is 0. The SMILES string of the molecule is CC1CC(C)CN(C2=C(c3ccc(OC(C)C)cc3)C(=O)N(C)C2=O)C1. The number of likely N-dealkylation sites (N-methyl/N-ethyl adjacent to an activating group) is 1. The summed E-state index contributed by atoms with van der Waals surface area (Å²) >= 11 is 0. The van der Waals surface area contributed by atoms with Gasteiger partial charge in [-0.25, -0.2) is 0 Å². The molecule has 0 radical (unpaired) electrons. The van der Waals surface area contributed by atoms with Gasteiger partial charge in [0.25, 0.3) is 11.8 Å². The second-order valence-electron chi connectivity index (χ2n) is 7.93. The second-order valence-corrected chi connectivity index (χ2v) is 7.93. The van der Waals surface area contributed by atoms with Gasteiger partial charge in [0.15, 0.2) is 0 Å². The highest BCUT2D eigenvalue weighted by molar-refractivity contribution is 6.35. The number of likely N-dealkylation sites (tertiary alicyclic amines) is 1. The Morgan fingerprint density at radius 1 is 1.00 bits per heavy atom. The van der Waals surface area contributed by atoms with Gasteiger partial charge in [-0.2, -0.15) is 0 Å². The van der Waals surface area contributed by atoms with Crippen molar-refractivity contribution in [3.05, 3.63) is 35.5 Å². The van der Waals surface area contributed by atoms with Crippen LogP contribution in [0.1, 0.15) is 39.7 Å². The molecule has 5 heteroatoms. The number of hydrogen-bond donors (Lipinski definition) is 0. The van der Waals surface area contributed by atoms with Crippen LogP contribution in [0.15, 0.2) is 30.0 Å². The average Bonchev–Trinajstić information content (AvgIpc) is 2.78. The van der Waals surface area contributed by atoms with Crippen LogP contribution >= 0.6 is 0 Å². The third-order valence-corrected chi connectivity index (χ3v) is 4.96. The summed E-state index contributed by atoms with van der Waals surface area (Å²) in [6, 6.07) is 7.46. The lowest BCUT2D eigenvalue weighted by Crippen LogP contribution is -2.41. The molecular weight excluding hydrogens is 328 g/mol. The van der Waals surface area contributed by atoms with E-state index in [0.29, 0.717) is 23.1 Å². The van der Waals surface area contributed by atoms with Gasteiger partial charge in [-0.05, 0) is 49.8 Å². The number of benzene rings is 1. The minimum Gasteiger partial charge on any atom is -0.491 e. The number of nitrogens with zero attached hydrogens (tertiary/aromatic N) is 2. The molecule has 0 saturated carbocycles. The molecule has 1 fully saturated rings. The molecule has 2 heterocycles. The van der Waals surface area contributed by atoms with Crippen molar-refractivity contribution in [2.75, 3.05) is 20.1 Å². The van der Waals surface area contributed by atoms with Crippen molar-refractivity contribution in [2.45, 2.75) is 40.2 Å². The molecular formula is C21H28N2O3. The Morgan fingerprint density at radius 2 is 1.58 bits per heavy atom. The first-order chi connectivity index (χ1) is 12.3. The van der Waals surface area contributed by atoms with E-state index in [0.717, 1.165) is 30.8 Å². The van der Waals surface area contributed by atoms with Crippen molar-refractivity contribution < 1.29 is 14.3 Å². The molecule has 0 aromatic heterocycles. The Labute approximate surface area is 155 Å². The van der Waals surface area contributed by atoms with Crippen LogP contribution in [0.5, 0.6) is 5.75 Å². The van der Waals surface area contributed by atoms with E-state index < -0.39 is 0 Å². The highest BCUT2D eigenvalue weighted by Crippen LogP contribution is 2.34. The van der Waals surface area contributed by atoms with E-state index >= 15 is 0 Å². The van der Waals surface area contributed by atoms with E-state index in [1.165, 1.54) is 4.90 Å². The monoisotopic (exact) mass is 356 g/mol. The van der Waals surface area contributed by atoms with E-state index in [1.54, 1.807) is 7.05 Å². The predicted molar refractivity (Wildman–Crippen MR) is 101 cm³/mol. The van der Waals surface area contributed by atoms with Crippen LogP contribution in [0, 0.1) is 11.8 Å². The molecule has 2 aliphatic heterocycles. The lowest BCUT2D eigenvalue weighted by Gasteiger charge is -2.37. The van der Waals surface area contributed by atoms with Crippen molar-refractivity contribution >= 4 is 17.4 Å². The second kappa shape index (κ2) is 7.14. The van der Waals surface area contributed by atoms with Gasteiger partial charge in [-0.15, -0.1) is 0 Å². The quantitative estimate of drug-likeness (QED) is 0.778. The summed E-state index contributed by atoms with van der Waals surface area (Å²) < 4.78 is 5.68. The summed E-state index contributed by atoms with van der Waals surface area (Å²) in [4.78, 5) is 28.9. The fourth-order valence-corrected chi connectivity index (χ4v) is 4.00. The van der Waals surface area contributed by atoms with Crippen LogP contribution in [-0.2, 0) is 9.59 Å². The number of amides is 2. The maximum atomic E-state index is 12.8. The van der Waals surface area contributed by atoms with Crippen molar-refractivity contribution in [1.29, 1.82) is 0 Å². The number of ether oxygens (including phenoxy) is 1. The van der Waals surface area contributed by atoms with Gasteiger partial charge in [0.05, 0.1) is 11.7 Å². The van der Waals surface area contributed by atoms with Gasteiger partial charge in [-0.3, -0.25) is 14.5 Å². The van der Waals surface area contributed by atoms with E-state index in [2.05, 4.69) is 18.7 Å². The van der Waals surface area contributed by atoms with E-state index in [9.17, 15) is 9.59 Å². The topological polar surface area (TPSA) is 49.9 Å². The van der Waals surface area contributed by atoms with Crippen molar-refractivity contribution in [2.24, 2.45) is 11.8 Å². The van der Waals surface area contributed by atoms with Gasteiger partial charge < -0.3 is 9.64 Å². The molecule has 0 N–H and O–H groups in total. The van der Waals surface area contributed by atoms with E-state index in [4.69, 9.17) is 4.74 Å². The van der Waals surface area contributed by atoms with E-state index in [1.807, 2.05) is 38.1 Å².